The van der Waals surface area contributed by atoms with Gasteiger partial charge >= 0.3 is 0 Å². The molecule has 0 radical (unpaired) electrons. The molecule has 0 aromatic carbocycles. The first-order chi connectivity index (χ1) is 11.1. The second-order valence-electron chi connectivity index (χ2n) is 6.85. The van der Waals surface area contributed by atoms with E-state index in [1.807, 2.05) is 0 Å². The Balaban J connectivity index is 1.88. The van der Waals surface area contributed by atoms with Crippen LogP contribution in [0.4, 0.5) is 0 Å². The quantitative estimate of drug-likeness (QED) is 0.225. The minimum atomic E-state index is 0.0310. The first-order valence-corrected chi connectivity index (χ1v) is 9.50. The Morgan fingerprint density at radius 2 is 1.61 bits per heavy atom. The topological polar surface area (TPSA) is 91.0 Å². The second-order valence-corrected chi connectivity index (χ2v) is 6.85. The molecule has 1 fully saturated rings. The summed E-state index contributed by atoms with van der Waals surface area (Å²) in [5, 5.41) is 12.9. The summed E-state index contributed by atoms with van der Waals surface area (Å²) in [5.74, 6) is 1.25. The molecule has 134 valence electrons. The molecule has 1 amide bonds. The zero-order chi connectivity index (χ0) is 16.9. The van der Waals surface area contributed by atoms with Gasteiger partial charge in [-0.2, -0.15) is 0 Å². The molecule has 0 bridgehead atoms. The molecule has 2 unspecified atom stereocenters. The van der Waals surface area contributed by atoms with Gasteiger partial charge in [0.1, 0.15) is 0 Å². The van der Waals surface area contributed by atoms with Crippen molar-refractivity contribution in [3.8, 4) is 0 Å². The Morgan fingerprint density at radius 3 is 2.30 bits per heavy atom. The predicted octanol–water partition coefficient (Wildman–Crippen LogP) is 3.14. The first-order valence-electron chi connectivity index (χ1n) is 9.50. The molecule has 0 saturated heterocycles. The third-order valence-electron chi connectivity index (χ3n) is 4.66. The smallest absolute Gasteiger partial charge is 0.223 e. The molecule has 0 aromatic rings. The lowest BCUT2D eigenvalue weighted by Crippen LogP contribution is -2.31. The SMILES string of the molecule is CCCCCCCCC1CC1C(=O)NCCCCCNC(=N)N. The fraction of sp³-hybridized carbons (Fsp3) is 0.889. The van der Waals surface area contributed by atoms with Crippen LogP contribution in [0.2, 0.25) is 0 Å². The number of nitrogens with two attached hydrogens (primary N) is 1. The number of carbonyl (C=O) groups is 1. The van der Waals surface area contributed by atoms with Crippen LogP contribution in [0.25, 0.3) is 0 Å². The van der Waals surface area contributed by atoms with Crippen molar-refractivity contribution >= 4 is 11.9 Å². The molecule has 5 heteroatoms. The molecule has 1 rings (SSSR count). The predicted molar refractivity (Wildman–Crippen MR) is 96.4 cm³/mol. The third-order valence-corrected chi connectivity index (χ3v) is 4.66. The monoisotopic (exact) mass is 324 g/mol. The van der Waals surface area contributed by atoms with Gasteiger partial charge in [0.2, 0.25) is 5.91 Å². The highest BCUT2D eigenvalue weighted by Gasteiger charge is 2.41. The Labute approximate surface area is 141 Å². The number of unbranched alkanes of at least 4 members (excludes halogenated alkanes) is 7. The van der Waals surface area contributed by atoms with Crippen molar-refractivity contribution in [2.24, 2.45) is 17.6 Å². The van der Waals surface area contributed by atoms with Crippen LogP contribution in [0.15, 0.2) is 0 Å². The summed E-state index contributed by atoms with van der Waals surface area (Å²) in [6.45, 7) is 3.77. The number of carbonyl (C=O) groups excluding carboxylic acids is 1. The van der Waals surface area contributed by atoms with Crippen molar-refractivity contribution in [1.29, 1.82) is 5.41 Å². The van der Waals surface area contributed by atoms with Gasteiger partial charge in [0.05, 0.1) is 0 Å². The van der Waals surface area contributed by atoms with Crippen molar-refractivity contribution in [1.82, 2.24) is 10.6 Å². The van der Waals surface area contributed by atoms with Gasteiger partial charge in [0, 0.05) is 19.0 Å². The van der Waals surface area contributed by atoms with Gasteiger partial charge in [-0.1, -0.05) is 45.4 Å². The zero-order valence-corrected chi connectivity index (χ0v) is 14.8. The Morgan fingerprint density at radius 1 is 1.00 bits per heavy atom. The van der Waals surface area contributed by atoms with Crippen molar-refractivity contribution in [3.05, 3.63) is 0 Å². The molecule has 0 aliphatic heterocycles. The van der Waals surface area contributed by atoms with Gasteiger partial charge in [-0.05, 0) is 38.0 Å². The molecule has 0 aromatic heterocycles. The van der Waals surface area contributed by atoms with E-state index in [0.717, 1.165) is 38.8 Å². The molecular weight excluding hydrogens is 288 g/mol. The number of amides is 1. The van der Waals surface area contributed by atoms with Crippen LogP contribution in [0.1, 0.15) is 77.6 Å². The molecule has 2 atom stereocenters. The van der Waals surface area contributed by atoms with Crippen LogP contribution in [-0.2, 0) is 4.79 Å². The van der Waals surface area contributed by atoms with Crippen LogP contribution in [-0.4, -0.2) is 25.0 Å². The summed E-state index contributed by atoms with van der Waals surface area (Å²) < 4.78 is 0. The molecule has 1 aliphatic rings. The minimum absolute atomic E-state index is 0.0310. The summed E-state index contributed by atoms with van der Waals surface area (Å²) >= 11 is 0. The van der Waals surface area contributed by atoms with Crippen molar-refractivity contribution in [2.75, 3.05) is 13.1 Å². The average Bonchev–Trinajstić information content (AvgIpc) is 3.29. The maximum Gasteiger partial charge on any atom is 0.223 e. The normalized spacial score (nSPS) is 19.3. The van der Waals surface area contributed by atoms with Crippen LogP contribution < -0.4 is 16.4 Å². The Bertz CT molecular complexity index is 346. The first kappa shape index (κ1) is 19.8. The number of nitrogens with one attached hydrogen (secondary N) is 3. The van der Waals surface area contributed by atoms with E-state index in [1.54, 1.807) is 0 Å². The van der Waals surface area contributed by atoms with E-state index in [2.05, 4.69) is 17.6 Å². The molecule has 23 heavy (non-hydrogen) atoms. The fourth-order valence-corrected chi connectivity index (χ4v) is 3.07. The molecule has 1 saturated carbocycles. The van der Waals surface area contributed by atoms with E-state index in [4.69, 9.17) is 11.1 Å². The molecule has 0 spiro atoms. The number of rotatable bonds is 14. The van der Waals surface area contributed by atoms with Gasteiger partial charge < -0.3 is 16.4 Å². The van der Waals surface area contributed by atoms with Gasteiger partial charge in [0.15, 0.2) is 5.96 Å². The van der Waals surface area contributed by atoms with Gasteiger partial charge in [-0.3, -0.25) is 10.2 Å². The lowest BCUT2D eigenvalue weighted by Gasteiger charge is -2.06. The van der Waals surface area contributed by atoms with Crippen molar-refractivity contribution in [2.45, 2.75) is 77.6 Å². The van der Waals surface area contributed by atoms with E-state index >= 15 is 0 Å². The highest BCUT2D eigenvalue weighted by molar-refractivity contribution is 5.81. The van der Waals surface area contributed by atoms with Crippen LogP contribution in [0, 0.1) is 17.2 Å². The van der Waals surface area contributed by atoms with E-state index < -0.39 is 0 Å². The fourth-order valence-electron chi connectivity index (χ4n) is 3.07. The number of hydrogen-bond donors (Lipinski definition) is 4. The van der Waals surface area contributed by atoms with Crippen molar-refractivity contribution < 1.29 is 4.79 Å². The summed E-state index contributed by atoms with van der Waals surface area (Å²) in [5.41, 5.74) is 5.21. The lowest BCUT2D eigenvalue weighted by molar-refractivity contribution is -0.122. The van der Waals surface area contributed by atoms with Crippen LogP contribution in [0.5, 0.6) is 0 Å². The zero-order valence-electron chi connectivity index (χ0n) is 14.8. The molecule has 0 heterocycles. The Hall–Kier alpha value is -1.26. The average molecular weight is 325 g/mol. The highest BCUT2D eigenvalue weighted by atomic mass is 16.2. The minimum Gasteiger partial charge on any atom is -0.370 e. The molecule has 5 N–H and O–H groups in total. The largest absolute Gasteiger partial charge is 0.370 e. The number of guanidine groups is 1. The number of hydrogen-bond acceptors (Lipinski definition) is 2. The summed E-state index contributed by atoms with van der Waals surface area (Å²) in [6.07, 6.45) is 13.4. The van der Waals surface area contributed by atoms with E-state index in [9.17, 15) is 4.79 Å². The standard InChI is InChI=1S/C18H36N4O/c1-2-3-4-5-6-8-11-15-14-16(15)17(23)21-12-9-7-10-13-22-18(19)20/h15-16H,2-14H2,1H3,(H,21,23)(H4,19,20,22). The molecule has 5 nitrogen and oxygen atoms in total. The maximum atomic E-state index is 12.0. The van der Waals surface area contributed by atoms with Crippen molar-refractivity contribution in [3.63, 3.8) is 0 Å². The van der Waals surface area contributed by atoms with E-state index in [1.165, 1.54) is 44.9 Å². The van der Waals surface area contributed by atoms with Gasteiger partial charge in [0.25, 0.3) is 0 Å². The summed E-state index contributed by atoms with van der Waals surface area (Å²) in [4.78, 5) is 12.0. The van der Waals surface area contributed by atoms with Gasteiger partial charge in [-0.15, -0.1) is 0 Å². The van der Waals surface area contributed by atoms with Crippen LogP contribution >= 0.6 is 0 Å². The maximum absolute atomic E-state index is 12.0. The third kappa shape index (κ3) is 10.2. The van der Waals surface area contributed by atoms with E-state index in [0.29, 0.717) is 11.8 Å². The second kappa shape index (κ2) is 12.2. The van der Waals surface area contributed by atoms with Gasteiger partial charge in [-0.25, -0.2) is 0 Å². The van der Waals surface area contributed by atoms with E-state index in [-0.39, 0.29) is 11.9 Å². The van der Waals surface area contributed by atoms with Crippen LogP contribution in [0.3, 0.4) is 0 Å². The molecule has 1 aliphatic carbocycles. The highest BCUT2D eigenvalue weighted by Crippen LogP contribution is 2.42. The summed E-state index contributed by atoms with van der Waals surface area (Å²) in [6, 6.07) is 0. The lowest BCUT2D eigenvalue weighted by atomic mass is 10.1. The Kier molecular flexibility index (Phi) is 10.5. The molecular formula is C18H36N4O. The summed E-state index contributed by atoms with van der Waals surface area (Å²) in [7, 11) is 0.